The Hall–Kier alpha value is -7.90. The number of methoxy groups -OCH3 is 1. The highest BCUT2D eigenvalue weighted by Crippen LogP contribution is 2.37. The first-order chi connectivity index (χ1) is 35.2. The highest BCUT2D eigenvalue weighted by atomic mass is 35.5. The largest absolute Gasteiger partial charge is 0.495 e. The number of nitrogens with one attached hydrogen (secondary N) is 6. The van der Waals surface area contributed by atoms with Gasteiger partial charge in [0.2, 0.25) is 23.7 Å². The monoisotopic (exact) mass is 1000 g/mol. The number of morpholine rings is 2. The van der Waals surface area contributed by atoms with Crippen LogP contribution >= 0.6 is 23.2 Å². The number of amides is 2. The number of pyridine rings is 2. The Morgan fingerprint density at radius 3 is 1.65 bits per heavy atom. The Morgan fingerprint density at radius 2 is 1.15 bits per heavy atom. The quantitative estimate of drug-likeness (QED) is 0.0594. The van der Waals surface area contributed by atoms with Crippen LogP contribution in [0.25, 0.3) is 44.3 Å². The minimum absolute atomic E-state index is 0.0298. The van der Waals surface area contributed by atoms with Gasteiger partial charge in [-0.1, -0.05) is 54.6 Å². The van der Waals surface area contributed by atoms with E-state index in [4.69, 9.17) is 47.4 Å². The predicted octanol–water partition coefficient (Wildman–Crippen LogP) is 9.76. The molecule has 2 fully saturated rings. The molecule has 0 aliphatic carbocycles. The molecular weight excluding hydrogens is 956 g/mol. The Morgan fingerprint density at radius 1 is 0.639 bits per heavy atom. The van der Waals surface area contributed by atoms with Gasteiger partial charge in [-0.15, -0.1) is 0 Å². The number of anilines is 6. The summed E-state index contributed by atoms with van der Waals surface area (Å²) in [6.07, 6.45) is 9.10. The van der Waals surface area contributed by atoms with Crippen LogP contribution < -0.4 is 36.6 Å². The predicted molar refractivity (Wildman–Crippen MR) is 282 cm³/mol. The molecule has 364 valence electrons. The number of hydrogen-bond donors (Lipinski definition) is 6. The number of hydrogen-bond acceptors (Lipinski definition) is 15. The lowest BCUT2D eigenvalue weighted by Crippen LogP contribution is -2.33. The number of carbonyl (C=O) groups excluding carboxylic acids is 2. The fourth-order valence-electron chi connectivity index (χ4n) is 8.03. The summed E-state index contributed by atoms with van der Waals surface area (Å²) < 4.78 is 17.3. The molecule has 10 rings (SSSR count). The Kier molecular flexibility index (Phi) is 15.6. The third-order valence-corrected chi connectivity index (χ3v) is 12.2. The van der Waals surface area contributed by atoms with Crippen LogP contribution in [0.2, 0.25) is 10.0 Å². The molecule has 19 heteroatoms. The molecule has 17 nitrogen and oxygen atoms in total. The molecule has 6 heterocycles. The molecule has 0 bridgehead atoms. The SMILES string of the molecule is C=CC(=O)Nc1ccnc(-c2c(Cl)ccc3cnc(Nc4ccc(C5CNCCO5)cc4)nc23)c1.C=CC(=O)Nc1ccnc(-c2c(Cl)ccc3cnc(Nc4ccc(C5CNCCO5)cc4OC)nc23)c1. The van der Waals surface area contributed by atoms with Crippen molar-refractivity contribution in [2.75, 3.05) is 67.8 Å². The first kappa shape index (κ1) is 49.1. The summed E-state index contributed by atoms with van der Waals surface area (Å²) in [7, 11) is 1.62. The van der Waals surface area contributed by atoms with Crippen molar-refractivity contribution in [1.82, 2.24) is 40.5 Å². The van der Waals surface area contributed by atoms with E-state index >= 15 is 0 Å². The molecule has 0 spiro atoms. The number of ether oxygens (including phenoxy) is 3. The van der Waals surface area contributed by atoms with Crippen molar-refractivity contribution in [3.05, 3.63) is 162 Å². The Labute approximate surface area is 424 Å². The minimum atomic E-state index is -0.318. The summed E-state index contributed by atoms with van der Waals surface area (Å²) in [5, 5.41) is 21.2. The lowest BCUT2D eigenvalue weighted by molar-refractivity contribution is -0.112. The first-order valence-corrected chi connectivity index (χ1v) is 23.6. The minimum Gasteiger partial charge on any atom is -0.495 e. The van der Waals surface area contributed by atoms with Gasteiger partial charge in [-0.2, -0.15) is 0 Å². The van der Waals surface area contributed by atoms with Crippen LogP contribution in [0.15, 0.2) is 141 Å². The maximum atomic E-state index is 11.8. The third kappa shape index (κ3) is 11.6. The van der Waals surface area contributed by atoms with Gasteiger partial charge in [0.15, 0.2) is 0 Å². The molecule has 0 saturated carbocycles. The molecule has 0 radical (unpaired) electrons. The zero-order valence-corrected chi connectivity index (χ0v) is 40.4. The number of benzene rings is 4. The number of fused-ring (bicyclic) bond motifs is 2. The van der Waals surface area contributed by atoms with Gasteiger partial charge in [0.05, 0.1) is 70.7 Å². The van der Waals surface area contributed by atoms with E-state index in [9.17, 15) is 9.59 Å². The van der Waals surface area contributed by atoms with E-state index in [0.29, 0.717) is 91.5 Å². The van der Waals surface area contributed by atoms with E-state index in [2.05, 4.69) is 65.0 Å². The first-order valence-electron chi connectivity index (χ1n) is 22.8. The molecule has 2 aliphatic heterocycles. The lowest BCUT2D eigenvalue weighted by Gasteiger charge is -2.24. The van der Waals surface area contributed by atoms with Gasteiger partial charge in [0.25, 0.3) is 0 Å². The summed E-state index contributed by atoms with van der Waals surface area (Å²) in [6, 6.07) is 28.1. The van der Waals surface area contributed by atoms with E-state index in [1.807, 2.05) is 54.6 Å². The third-order valence-electron chi connectivity index (χ3n) is 11.6. The molecule has 4 aromatic heterocycles. The lowest BCUT2D eigenvalue weighted by atomic mass is 10.1. The van der Waals surface area contributed by atoms with Gasteiger partial charge in [0, 0.05) is 89.9 Å². The summed E-state index contributed by atoms with van der Waals surface area (Å²) in [4.78, 5) is 50.9. The molecule has 6 N–H and O–H groups in total. The molecule has 4 aromatic carbocycles. The van der Waals surface area contributed by atoms with Crippen molar-refractivity contribution < 1.29 is 23.8 Å². The van der Waals surface area contributed by atoms with Crippen LogP contribution in [-0.2, 0) is 19.1 Å². The molecule has 2 saturated heterocycles. The standard InChI is InChI=1S/C27H25ClN6O3.C26H23ClN6O2/c1-3-24(35)32-18-8-9-30-21(13-18)25-19(28)6-4-17-14-31-27(34-26(17)25)33-20-7-5-16(12-22(20)36-2)23-15-29-10-11-37-23;1-2-23(34)31-19-9-10-29-21(13-19)24-20(27)8-5-17-14-30-26(33-25(17)24)32-18-6-3-16(4-7-18)22-15-28-11-12-35-22/h3-9,12-14,23,29H,1,10-11,15H2,2H3,(H,30,32,35)(H,31,33,34);2-10,13-14,22,28H,1,11-12,15H2,(H,29,31,34)(H,30,32,33). The molecule has 2 aliphatic rings. The molecule has 2 atom stereocenters. The number of halogens is 2. The highest BCUT2D eigenvalue weighted by molar-refractivity contribution is 6.35. The molecular formula is C53H48Cl2N12O5. The number of carbonyl (C=O) groups is 2. The molecule has 8 aromatic rings. The van der Waals surface area contributed by atoms with Gasteiger partial charge >= 0.3 is 0 Å². The van der Waals surface area contributed by atoms with Crippen LogP contribution in [0.4, 0.5) is 34.6 Å². The second-order valence-corrected chi connectivity index (χ2v) is 17.1. The topological polar surface area (TPSA) is 211 Å². The van der Waals surface area contributed by atoms with Crippen molar-refractivity contribution >= 4 is 91.5 Å². The number of rotatable bonds is 13. The summed E-state index contributed by atoms with van der Waals surface area (Å²) in [5.41, 5.74) is 8.54. The summed E-state index contributed by atoms with van der Waals surface area (Å²) in [6.45, 7) is 11.6. The van der Waals surface area contributed by atoms with E-state index in [0.717, 1.165) is 53.8 Å². The van der Waals surface area contributed by atoms with Gasteiger partial charge in [-0.25, -0.2) is 19.9 Å². The summed E-state index contributed by atoms with van der Waals surface area (Å²) >= 11 is 13.2. The number of aromatic nitrogens is 6. The Balaban J connectivity index is 0.000000178. The maximum absolute atomic E-state index is 11.8. The van der Waals surface area contributed by atoms with Gasteiger partial charge in [-0.3, -0.25) is 19.6 Å². The van der Waals surface area contributed by atoms with Crippen LogP contribution in [0.5, 0.6) is 5.75 Å². The van der Waals surface area contributed by atoms with Crippen molar-refractivity contribution in [3.63, 3.8) is 0 Å². The highest BCUT2D eigenvalue weighted by Gasteiger charge is 2.20. The maximum Gasteiger partial charge on any atom is 0.247 e. The van der Waals surface area contributed by atoms with Crippen molar-refractivity contribution in [2.24, 2.45) is 0 Å². The van der Waals surface area contributed by atoms with Crippen molar-refractivity contribution in [1.29, 1.82) is 0 Å². The average molecular weight is 1000 g/mol. The smallest absolute Gasteiger partial charge is 0.247 e. The van der Waals surface area contributed by atoms with E-state index < -0.39 is 0 Å². The zero-order chi connectivity index (χ0) is 50.0. The van der Waals surface area contributed by atoms with Crippen LogP contribution in [0.1, 0.15) is 23.3 Å². The van der Waals surface area contributed by atoms with Gasteiger partial charge in [-0.05, 0) is 96.1 Å². The Bertz CT molecular complexity index is 3300. The average Bonchev–Trinajstić information content (AvgIpc) is 3.41. The van der Waals surface area contributed by atoms with Crippen molar-refractivity contribution in [2.45, 2.75) is 12.2 Å². The van der Waals surface area contributed by atoms with Crippen LogP contribution in [0.3, 0.4) is 0 Å². The van der Waals surface area contributed by atoms with Crippen LogP contribution in [-0.4, -0.2) is 88.2 Å². The normalized spacial score (nSPS) is 15.4. The zero-order valence-electron chi connectivity index (χ0n) is 38.9. The van der Waals surface area contributed by atoms with Gasteiger partial charge < -0.3 is 46.1 Å². The molecule has 72 heavy (non-hydrogen) atoms. The van der Waals surface area contributed by atoms with Crippen molar-refractivity contribution in [3.8, 4) is 28.3 Å². The van der Waals surface area contributed by atoms with E-state index in [-0.39, 0.29) is 24.0 Å². The van der Waals surface area contributed by atoms with E-state index in [1.54, 1.807) is 68.3 Å². The second kappa shape index (κ2) is 22.9. The fourth-order valence-corrected chi connectivity index (χ4v) is 8.53. The molecule has 2 amide bonds. The van der Waals surface area contributed by atoms with Gasteiger partial charge in [0.1, 0.15) is 5.75 Å². The van der Waals surface area contributed by atoms with E-state index in [1.165, 1.54) is 12.2 Å². The summed E-state index contributed by atoms with van der Waals surface area (Å²) in [5.74, 6) is 0.821. The number of nitrogens with zero attached hydrogens (tertiary/aromatic N) is 6. The van der Waals surface area contributed by atoms with Crippen LogP contribution in [0, 0.1) is 0 Å². The second-order valence-electron chi connectivity index (χ2n) is 16.3. The molecule has 2 unspecified atom stereocenters. The fraction of sp³-hybridized carbons (Fsp3) is 0.170.